The molecule has 0 radical (unpaired) electrons. The minimum absolute atomic E-state index is 0.495. The average Bonchev–Trinajstić information content (AvgIpc) is 2.39. The van der Waals surface area contributed by atoms with Crippen LogP contribution in [-0.2, 0) is 0 Å². The predicted molar refractivity (Wildman–Crippen MR) is 68.0 cm³/mol. The summed E-state index contributed by atoms with van der Waals surface area (Å²) in [6.07, 6.45) is 0. The van der Waals surface area contributed by atoms with Crippen LogP contribution in [0.5, 0.6) is 5.75 Å². The molecule has 0 saturated carbocycles. The maximum absolute atomic E-state index is 5.88. The number of hydrogen-bond donors (Lipinski definition) is 1. The predicted octanol–water partition coefficient (Wildman–Crippen LogP) is 3.69. The number of methoxy groups -OCH3 is 1. The van der Waals surface area contributed by atoms with Crippen molar-refractivity contribution in [1.82, 2.24) is 0 Å². The molecule has 17 heavy (non-hydrogen) atoms. The first-order chi connectivity index (χ1) is 8.31. The number of rotatable bonds is 3. The lowest BCUT2D eigenvalue weighted by molar-refractivity contribution is 0.417. The monoisotopic (exact) mass is 227 g/mol. The Balaban J connectivity index is 2.28. The first kappa shape index (κ1) is 11.1. The van der Waals surface area contributed by atoms with Crippen molar-refractivity contribution in [2.75, 3.05) is 12.8 Å². The van der Waals surface area contributed by atoms with Crippen LogP contribution in [0.1, 0.15) is 0 Å². The van der Waals surface area contributed by atoms with Crippen LogP contribution in [0, 0.1) is 0 Å². The summed E-state index contributed by atoms with van der Waals surface area (Å²) in [5.74, 6) is 0.606. The van der Waals surface area contributed by atoms with Crippen LogP contribution in [0.15, 0.2) is 58.8 Å². The average molecular weight is 227 g/mol. The Hall–Kier alpha value is -2.36. The van der Waals surface area contributed by atoms with Crippen LogP contribution in [-0.4, -0.2) is 7.11 Å². The molecule has 4 heteroatoms. The van der Waals surface area contributed by atoms with E-state index in [1.165, 1.54) is 0 Å². The van der Waals surface area contributed by atoms with Crippen LogP contribution in [0.2, 0.25) is 0 Å². The minimum Gasteiger partial charge on any atom is -0.495 e. The van der Waals surface area contributed by atoms with Crippen LogP contribution in [0.3, 0.4) is 0 Å². The van der Waals surface area contributed by atoms with Gasteiger partial charge in [-0.05, 0) is 24.3 Å². The van der Waals surface area contributed by atoms with Gasteiger partial charge < -0.3 is 10.5 Å². The minimum atomic E-state index is 0.495. The summed E-state index contributed by atoms with van der Waals surface area (Å²) in [5, 5.41) is 8.21. The highest BCUT2D eigenvalue weighted by atomic mass is 16.5. The Bertz CT molecular complexity index is 523. The SMILES string of the molecule is COc1cccc(N=Nc2ccccc2)c1N. The summed E-state index contributed by atoms with van der Waals surface area (Å²) in [7, 11) is 1.57. The molecule has 2 rings (SSSR count). The smallest absolute Gasteiger partial charge is 0.144 e. The van der Waals surface area contributed by atoms with Crippen molar-refractivity contribution in [3.05, 3.63) is 48.5 Å². The lowest BCUT2D eigenvalue weighted by Gasteiger charge is -2.05. The third-order valence-corrected chi connectivity index (χ3v) is 2.29. The largest absolute Gasteiger partial charge is 0.495 e. The molecule has 0 amide bonds. The molecule has 0 heterocycles. The molecule has 0 fully saturated rings. The van der Waals surface area contributed by atoms with Crippen LogP contribution in [0.25, 0.3) is 0 Å². The van der Waals surface area contributed by atoms with E-state index in [-0.39, 0.29) is 0 Å². The van der Waals surface area contributed by atoms with E-state index in [9.17, 15) is 0 Å². The topological polar surface area (TPSA) is 60.0 Å². The molecule has 4 nitrogen and oxygen atoms in total. The normalized spacial score (nSPS) is 10.6. The number of benzene rings is 2. The van der Waals surface area contributed by atoms with E-state index in [1.54, 1.807) is 19.2 Å². The van der Waals surface area contributed by atoms with Gasteiger partial charge in [0.2, 0.25) is 0 Å². The van der Waals surface area contributed by atoms with Crippen LogP contribution >= 0.6 is 0 Å². The molecule has 86 valence electrons. The lowest BCUT2D eigenvalue weighted by Crippen LogP contribution is -1.91. The zero-order valence-corrected chi connectivity index (χ0v) is 9.50. The molecule has 0 unspecified atom stereocenters. The van der Waals surface area contributed by atoms with Gasteiger partial charge in [-0.25, -0.2) is 0 Å². The molecule has 2 N–H and O–H groups in total. The standard InChI is InChI=1S/C13H13N3O/c1-17-12-9-5-8-11(13(12)14)16-15-10-6-3-2-4-7-10/h2-9H,14H2,1H3. The number of para-hydroxylation sites is 1. The third kappa shape index (κ3) is 2.60. The van der Waals surface area contributed by atoms with Gasteiger partial charge in [-0.2, -0.15) is 5.11 Å². The van der Waals surface area contributed by atoms with E-state index >= 15 is 0 Å². The highest BCUT2D eigenvalue weighted by molar-refractivity contribution is 5.69. The first-order valence-corrected chi connectivity index (χ1v) is 5.20. The maximum Gasteiger partial charge on any atom is 0.144 e. The van der Waals surface area contributed by atoms with Gasteiger partial charge in [0.05, 0.1) is 12.8 Å². The van der Waals surface area contributed by atoms with E-state index in [0.29, 0.717) is 17.1 Å². The fourth-order valence-electron chi connectivity index (χ4n) is 1.40. The molecule has 2 aromatic carbocycles. The first-order valence-electron chi connectivity index (χ1n) is 5.20. The molecule has 0 aliphatic heterocycles. The number of nitrogen functional groups attached to an aromatic ring is 1. The van der Waals surface area contributed by atoms with Crippen LogP contribution in [0.4, 0.5) is 17.1 Å². The molecule has 2 aromatic rings. The quantitative estimate of drug-likeness (QED) is 0.642. The number of nitrogens with zero attached hydrogens (tertiary/aromatic N) is 2. The third-order valence-electron chi connectivity index (χ3n) is 2.29. The summed E-state index contributed by atoms with van der Waals surface area (Å²) < 4.78 is 5.11. The second-order valence-electron chi connectivity index (χ2n) is 3.43. The van der Waals surface area contributed by atoms with Gasteiger partial charge in [-0.3, -0.25) is 0 Å². The second kappa shape index (κ2) is 5.12. The number of ether oxygens (including phenoxy) is 1. The number of anilines is 1. The van der Waals surface area contributed by atoms with Crippen molar-refractivity contribution < 1.29 is 4.74 Å². The van der Waals surface area contributed by atoms with Crippen molar-refractivity contribution in [3.63, 3.8) is 0 Å². The molecule has 0 aliphatic rings. The molecular weight excluding hydrogens is 214 g/mol. The van der Waals surface area contributed by atoms with Crippen molar-refractivity contribution in [2.24, 2.45) is 10.2 Å². The number of azo groups is 1. The van der Waals surface area contributed by atoms with Gasteiger partial charge in [0.15, 0.2) is 0 Å². The summed E-state index contributed by atoms with van der Waals surface area (Å²) in [6, 6.07) is 14.9. The van der Waals surface area contributed by atoms with Gasteiger partial charge in [0.25, 0.3) is 0 Å². The fourth-order valence-corrected chi connectivity index (χ4v) is 1.40. The molecule has 0 spiro atoms. The molecule has 0 aromatic heterocycles. The van der Waals surface area contributed by atoms with Gasteiger partial charge in [0, 0.05) is 0 Å². The zero-order chi connectivity index (χ0) is 12.1. The fraction of sp³-hybridized carbons (Fsp3) is 0.0769. The number of nitrogens with two attached hydrogens (primary N) is 1. The van der Waals surface area contributed by atoms with Crippen molar-refractivity contribution in [1.29, 1.82) is 0 Å². The Morgan fingerprint density at radius 2 is 1.71 bits per heavy atom. The lowest BCUT2D eigenvalue weighted by atomic mass is 10.2. The summed E-state index contributed by atoms with van der Waals surface area (Å²) in [6.45, 7) is 0. The second-order valence-corrected chi connectivity index (χ2v) is 3.43. The highest BCUT2D eigenvalue weighted by Crippen LogP contribution is 2.32. The van der Waals surface area contributed by atoms with E-state index in [2.05, 4.69) is 10.2 Å². The Morgan fingerprint density at radius 1 is 0.941 bits per heavy atom. The van der Waals surface area contributed by atoms with Gasteiger partial charge in [-0.15, -0.1) is 5.11 Å². The van der Waals surface area contributed by atoms with E-state index in [4.69, 9.17) is 10.5 Å². The highest BCUT2D eigenvalue weighted by Gasteiger charge is 2.03. The summed E-state index contributed by atoms with van der Waals surface area (Å²) in [5.41, 5.74) is 7.77. The van der Waals surface area contributed by atoms with E-state index in [1.807, 2.05) is 36.4 Å². The molecule has 0 aliphatic carbocycles. The molecule has 0 atom stereocenters. The Kier molecular flexibility index (Phi) is 3.35. The van der Waals surface area contributed by atoms with Gasteiger partial charge in [-0.1, -0.05) is 24.3 Å². The Morgan fingerprint density at radius 3 is 2.41 bits per heavy atom. The van der Waals surface area contributed by atoms with Crippen molar-refractivity contribution in [2.45, 2.75) is 0 Å². The number of hydrogen-bond acceptors (Lipinski definition) is 4. The maximum atomic E-state index is 5.88. The molecular formula is C13H13N3O. The van der Waals surface area contributed by atoms with Crippen molar-refractivity contribution >= 4 is 17.1 Å². The van der Waals surface area contributed by atoms with Crippen molar-refractivity contribution in [3.8, 4) is 5.75 Å². The zero-order valence-electron chi connectivity index (χ0n) is 9.50. The van der Waals surface area contributed by atoms with E-state index < -0.39 is 0 Å². The Labute approximate surface area is 99.8 Å². The van der Waals surface area contributed by atoms with E-state index in [0.717, 1.165) is 5.69 Å². The van der Waals surface area contributed by atoms with Crippen LogP contribution < -0.4 is 10.5 Å². The molecule has 0 bridgehead atoms. The van der Waals surface area contributed by atoms with Gasteiger partial charge >= 0.3 is 0 Å². The van der Waals surface area contributed by atoms with Gasteiger partial charge in [0.1, 0.15) is 17.1 Å². The summed E-state index contributed by atoms with van der Waals surface area (Å²) >= 11 is 0. The molecule has 0 saturated heterocycles. The summed E-state index contributed by atoms with van der Waals surface area (Å²) in [4.78, 5) is 0.